The largest absolute Gasteiger partial charge is 0.370 e. The van der Waals surface area contributed by atoms with E-state index in [4.69, 9.17) is 4.74 Å². The zero-order valence-electron chi connectivity index (χ0n) is 16.4. The van der Waals surface area contributed by atoms with Crippen LogP contribution in [0.25, 0.3) is 0 Å². The number of nitrogens with one attached hydrogen (secondary N) is 1. The molecule has 4 amide bonds. The second-order valence-corrected chi connectivity index (χ2v) is 8.95. The number of imide groups is 1. The highest BCUT2D eigenvalue weighted by atomic mass is 79.9. The zero-order chi connectivity index (χ0) is 20.4. The van der Waals surface area contributed by atoms with Gasteiger partial charge in [-0.05, 0) is 37.0 Å². The van der Waals surface area contributed by atoms with Gasteiger partial charge >= 0.3 is 6.03 Å². The molecule has 0 aromatic heterocycles. The average Bonchev–Trinajstić information content (AvgIpc) is 3.29. The Kier molecular flexibility index (Phi) is 5.92. The molecule has 1 N–H and O–H groups in total. The summed E-state index contributed by atoms with van der Waals surface area (Å²) in [6, 6.07) is 7.62. The van der Waals surface area contributed by atoms with E-state index in [0.717, 1.165) is 35.7 Å². The van der Waals surface area contributed by atoms with Crippen LogP contribution in [-0.2, 0) is 14.3 Å². The van der Waals surface area contributed by atoms with Gasteiger partial charge in [0.15, 0.2) is 0 Å². The van der Waals surface area contributed by atoms with Crippen molar-refractivity contribution in [1.82, 2.24) is 15.1 Å². The van der Waals surface area contributed by atoms with E-state index >= 15 is 0 Å². The van der Waals surface area contributed by atoms with Crippen molar-refractivity contribution < 1.29 is 19.1 Å². The summed E-state index contributed by atoms with van der Waals surface area (Å²) in [4.78, 5) is 40.7. The number of hydrogen-bond acceptors (Lipinski definition) is 4. The van der Waals surface area contributed by atoms with Crippen molar-refractivity contribution in [1.29, 1.82) is 0 Å². The van der Waals surface area contributed by atoms with Gasteiger partial charge in [-0.15, -0.1) is 0 Å². The first kappa shape index (κ1) is 20.3. The van der Waals surface area contributed by atoms with Gasteiger partial charge in [-0.1, -0.05) is 40.9 Å². The Balaban J connectivity index is 1.28. The fraction of sp³-hybridized carbons (Fsp3) is 0.571. The molecule has 2 aliphatic heterocycles. The minimum atomic E-state index is -0.677. The van der Waals surface area contributed by atoms with Crippen LogP contribution >= 0.6 is 15.9 Å². The summed E-state index contributed by atoms with van der Waals surface area (Å²) in [6.45, 7) is 1.88. The molecule has 0 bridgehead atoms. The van der Waals surface area contributed by atoms with E-state index in [2.05, 4.69) is 21.2 Å². The molecule has 1 aromatic carbocycles. The lowest BCUT2D eigenvalue weighted by molar-refractivity contribution is -0.139. The molecule has 7 nitrogen and oxygen atoms in total. The van der Waals surface area contributed by atoms with E-state index < -0.39 is 5.54 Å². The molecule has 156 valence electrons. The molecule has 2 heterocycles. The monoisotopic (exact) mass is 463 g/mol. The molecule has 1 unspecified atom stereocenters. The molecule has 2 saturated heterocycles. The van der Waals surface area contributed by atoms with Crippen LogP contribution < -0.4 is 5.32 Å². The lowest BCUT2D eigenvalue weighted by Crippen LogP contribution is -2.44. The van der Waals surface area contributed by atoms with Gasteiger partial charge in [-0.2, -0.15) is 0 Å². The Labute approximate surface area is 178 Å². The van der Waals surface area contributed by atoms with Crippen molar-refractivity contribution in [2.24, 2.45) is 0 Å². The fourth-order valence-electron chi connectivity index (χ4n) is 4.50. The number of nitrogens with zero attached hydrogens (tertiary/aromatic N) is 2. The summed E-state index contributed by atoms with van der Waals surface area (Å²) in [5, 5.41) is 2.88. The van der Waals surface area contributed by atoms with Gasteiger partial charge in [-0.3, -0.25) is 14.5 Å². The lowest BCUT2D eigenvalue weighted by Gasteiger charge is -2.33. The Morgan fingerprint density at radius 1 is 1.21 bits per heavy atom. The zero-order valence-corrected chi connectivity index (χ0v) is 17.9. The summed E-state index contributed by atoms with van der Waals surface area (Å²) < 4.78 is 6.84. The highest BCUT2D eigenvalue weighted by Crippen LogP contribution is 2.35. The number of hydrogen-bond donors (Lipinski definition) is 1. The summed E-state index contributed by atoms with van der Waals surface area (Å²) in [5.74, 6) is -0.0767. The number of carbonyl (C=O) groups is 3. The topological polar surface area (TPSA) is 79.0 Å². The van der Waals surface area contributed by atoms with Gasteiger partial charge in [0.1, 0.15) is 11.6 Å². The fourth-order valence-corrected chi connectivity index (χ4v) is 4.76. The molecule has 1 aromatic rings. The highest BCUT2D eigenvalue weighted by molar-refractivity contribution is 9.10. The highest BCUT2D eigenvalue weighted by Gasteiger charge is 2.52. The smallest absolute Gasteiger partial charge is 0.325 e. The van der Waals surface area contributed by atoms with Crippen LogP contribution in [0.15, 0.2) is 28.7 Å². The third-order valence-electron chi connectivity index (χ3n) is 6.14. The van der Waals surface area contributed by atoms with Crippen LogP contribution in [0.4, 0.5) is 4.79 Å². The van der Waals surface area contributed by atoms with Crippen molar-refractivity contribution in [3.05, 3.63) is 34.3 Å². The van der Waals surface area contributed by atoms with Gasteiger partial charge in [0, 0.05) is 24.0 Å². The lowest BCUT2D eigenvalue weighted by atomic mass is 9.98. The summed E-state index contributed by atoms with van der Waals surface area (Å²) in [7, 11) is 0. The molecular formula is C21H26BrN3O4. The maximum absolute atomic E-state index is 12.7. The molecule has 3 aliphatic rings. The summed E-state index contributed by atoms with van der Waals surface area (Å²) in [6.07, 6.45) is 4.04. The van der Waals surface area contributed by atoms with Gasteiger partial charge in [0.2, 0.25) is 5.91 Å². The van der Waals surface area contributed by atoms with Gasteiger partial charge in [0.05, 0.1) is 13.2 Å². The number of halogens is 1. The number of rotatable bonds is 5. The number of benzene rings is 1. The first-order valence-electron chi connectivity index (χ1n) is 10.3. The van der Waals surface area contributed by atoms with E-state index in [1.165, 1.54) is 4.90 Å². The third kappa shape index (κ3) is 4.19. The van der Waals surface area contributed by atoms with Crippen LogP contribution in [0.3, 0.4) is 0 Å². The minimum absolute atomic E-state index is 0.0399. The van der Waals surface area contributed by atoms with E-state index in [1.807, 2.05) is 29.2 Å². The van der Waals surface area contributed by atoms with Crippen LogP contribution in [-0.4, -0.2) is 59.4 Å². The number of urea groups is 1. The van der Waals surface area contributed by atoms with Crippen LogP contribution in [0.2, 0.25) is 0 Å². The molecule has 29 heavy (non-hydrogen) atoms. The van der Waals surface area contributed by atoms with E-state index in [1.54, 1.807) is 0 Å². The molecule has 0 radical (unpaired) electrons. The molecule has 1 spiro atoms. The van der Waals surface area contributed by atoms with Crippen molar-refractivity contribution in [3.63, 3.8) is 0 Å². The van der Waals surface area contributed by atoms with E-state index in [0.29, 0.717) is 39.1 Å². The molecule has 4 rings (SSSR count). The number of carbonyl (C=O) groups excluding carboxylic acids is 3. The SMILES string of the molecule is O=C(CCCN1C(=O)NC2(CCCC2)C1=O)N1CCOC(c2ccc(Br)cc2)C1. The third-order valence-corrected chi connectivity index (χ3v) is 6.66. The van der Waals surface area contributed by atoms with Crippen molar-refractivity contribution >= 4 is 33.8 Å². The normalized spacial score (nSPS) is 23.7. The predicted octanol–water partition coefficient (Wildman–Crippen LogP) is 2.99. The van der Waals surface area contributed by atoms with Gasteiger partial charge in [-0.25, -0.2) is 4.79 Å². The van der Waals surface area contributed by atoms with Crippen LogP contribution in [0.5, 0.6) is 0 Å². The molecule has 8 heteroatoms. The molecule has 1 aliphatic carbocycles. The molecule has 1 atom stereocenters. The number of morpholine rings is 1. The minimum Gasteiger partial charge on any atom is -0.370 e. The van der Waals surface area contributed by atoms with Crippen LogP contribution in [0, 0.1) is 0 Å². The van der Waals surface area contributed by atoms with E-state index in [9.17, 15) is 14.4 Å². The Morgan fingerprint density at radius 3 is 2.66 bits per heavy atom. The standard InChI is InChI=1S/C21H26BrN3O4/c22-16-7-5-15(6-8-16)17-14-24(12-13-29-17)18(26)4-3-11-25-19(27)21(23-20(25)28)9-1-2-10-21/h5-8,17H,1-4,9-14H2,(H,23,28). The summed E-state index contributed by atoms with van der Waals surface area (Å²) >= 11 is 3.43. The predicted molar refractivity (Wildman–Crippen MR) is 110 cm³/mol. The molecular weight excluding hydrogens is 438 g/mol. The van der Waals surface area contributed by atoms with E-state index in [-0.39, 0.29) is 23.9 Å². The number of ether oxygens (including phenoxy) is 1. The van der Waals surface area contributed by atoms with Crippen LogP contribution in [0.1, 0.15) is 50.2 Å². The van der Waals surface area contributed by atoms with Crippen molar-refractivity contribution in [2.45, 2.75) is 50.2 Å². The Hall–Kier alpha value is -1.93. The number of amides is 4. The maximum Gasteiger partial charge on any atom is 0.325 e. The Morgan fingerprint density at radius 2 is 1.93 bits per heavy atom. The second kappa shape index (κ2) is 8.44. The Bertz CT molecular complexity index is 792. The van der Waals surface area contributed by atoms with Gasteiger partial charge < -0.3 is 15.0 Å². The molecule has 3 fully saturated rings. The first-order chi connectivity index (χ1) is 14.0. The maximum atomic E-state index is 12.7. The summed E-state index contributed by atoms with van der Waals surface area (Å²) in [5.41, 5.74) is 0.371. The van der Waals surface area contributed by atoms with Gasteiger partial charge in [0.25, 0.3) is 5.91 Å². The van der Waals surface area contributed by atoms with Crippen molar-refractivity contribution in [2.75, 3.05) is 26.2 Å². The average molecular weight is 464 g/mol. The second-order valence-electron chi connectivity index (χ2n) is 8.03. The first-order valence-corrected chi connectivity index (χ1v) is 11.1. The quantitative estimate of drug-likeness (QED) is 0.680. The van der Waals surface area contributed by atoms with Crippen molar-refractivity contribution in [3.8, 4) is 0 Å². The molecule has 1 saturated carbocycles.